The Hall–Kier alpha value is -2.88. The number of para-hydroxylation sites is 1. The van der Waals surface area contributed by atoms with Crippen molar-refractivity contribution in [2.75, 3.05) is 11.6 Å². The normalized spacial score (nSPS) is 12.3. The fourth-order valence-electron chi connectivity index (χ4n) is 2.66. The zero-order valence-electron chi connectivity index (χ0n) is 14.3. The van der Waals surface area contributed by atoms with Gasteiger partial charge in [-0.05, 0) is 24.3 Å². The Morgan fingerprint density at radius 3 is 2.46 bits per heavy atom. The molecule has 1 N–H and O–H groups in total. The van der Waals surface area contributed by atoms with Gasteiger partial charge in [-0.2, -0.15) is 13.2 Å². The number of sulfone groups is 1. The summed E-state index contributed by atoms with van der Waals surface area (Å²) in [6.07, 6.45) is -3.77. The number of hydrogen-bond donors (Lipinski definition) is 1. The number of amides is 1. The van der Waals surface area contributed by atoms with Crippen molar-refractivity contribution in [2.45, 2.75) is 11.9 Å². The first kappa shape index (κ1) is 19.9. The van der Waals surface area contributed by atoms with Crippen molar-refractivity contribution >= 4 is 32.4 Å². The maximum atomic E-state index is 13.9. The van der Waals surface area contributed by atoms with Gasteiger partial charge in [-0.3, -0.25) is 4.79 Å². The lowest BCUT2D eigenvalue weighted by Gasteiger charge is -2.11. The minimum Gasteiger partial charge on any atom is -0.451 e. The smallest absolute Gasteiger partial charge is 0.416 e. The zero-order chi connectivity index (χ0) is 20.7. The van der Waals surface area contributed by atoms with Crippen LogP contribution in [0.5, 0.6) is 0 Å². The van der Waals surface area contributed by atoms with Crippen LogP contribution < -0.4 is 5.32 Å². The van der Waals surface area contributed by atoms with Gasteiger partial charge in [-0.15, -0.1) is 0 Å². The van der Waals surface area contributed by atoms with Crippen LogP contribution in [0.2, 0.25) is 0 Å². The van der Waals surface area contributed by atoms with Gasteiger partial charge in [0.15, 0.2) is 15.6 Å². The number of anilines is 1. The summed E-state index contributed by atoms with van der Waals surface area (Å²) in [5, 5.41) is 2.39. The summed E-state index contributed by atoms with van der Waals surface area (Å²) in [7, 11) is -3.56. The highest BCUT2D eigenvalue weighted by Crippen LogP contribution is 2.33. The van der Waals surface area contributed by atoms with Crippen LogP contribution >= 0.6 is 0 Å². The highest BCUT2D eigenvalue weighted by atomic mass is 32.2. The highest BCUT2D eigenvalue weighted by molar-refractivity contribution is 7.89. The number of alkyl halides is 3. The summed E-state index contributed by atoms with van der Waals surface area (Å²) in [4.78, 5) is 12.6. The van der Waals surface area contributed by atoms with Gasteiger partial charge in [0.25, 0.3) is 5.91 Å². The van der Waals surface area contributed by atoms with E-state index in [1.54, 1.807) is 18.2 Å². The van der Waals surface area contributed by atoms with Crippen molar-refractivity contribution < 1.29 is 35.2 Å². The van der Waals surface area contributed by atoms with Crippen molar-refractivity contribution in [3.8, 4) is 0 Å². The van der Waals surface area contributed by atoms with E-state index >= 15 is 0 Å². The standard InChI is InChI=1S/C18H13F4NO4S/c1-28(25,26)9-12-11-4-2-3-5-15(11)27-16(12)17(24)23-14-8-10(18(20,21)22)6-7-13(14)19/h2-8H,9H2,1H3,(H,23,24). The van der Waals surface area contributed by atoms with E-state index in [0.717, 1.165) is 6.26 Å². The van der Waals surface area contributed by atoms with E-state index in [1.807, 2.05) is 5.32 Å². The first-order valence-corrected chi connectivity index (χ1v) is 9.88. The molecule has 0 bridgehead atoms. The molecule has 0 atom stereocenters. The lowest BCUT2D eigenvalue weighted by atomic mass is 10.1. The lowest BCUT2D eigenvalue weighted by molar-refractivity contribution is -0.137. The van der Waals surface area contributed by atoms with E-state index in [-0.39, 0.29) is 11.1 Å². The molecule has 148 valence electrons. The second kappa shape index (κ2) is 6.93. The van der Waals surface area contributed by atoms with Crippen molar-refractivity contribution in [2.24, 2.45) is 0 Å². The van der Waals surface area contributed by atoms with Crippen molar-refractivity contribution in [3.05, 3.63) is 65.2 Å². The Morgan fingerprint density at radius 2 is 1.82 bits per heavy atom. The molecule has 3 rings (SSSR count). The Labute approximate surface area is 156 Å². The van der Waals surface area contributed by atoms with Crippen LogP contribution in [0, 0.1) is 5.82 Å². The van der Waals surface area contributed by atoms with E-state index < -0.39 is 50.5 Å². The Morgan fingerprint density at radius 1 is 1.14 bits per heavy atom. The average molecular weight is 415 g/mol. The Bertz CT molecular complexity index is 1170. The van der Waals surface area contributed by atoms with Crippen LogP contribution in [0.15, 0.2) is 46.9 Å². The molecular weight excluding hydrogens is 402 g/mol. The van der Waals surface area contributed by atoms with E-state index in [2.05, 4.69) is 0 Å². The number of furan rings is 1. The predicted octanol–water partition coefficient (Wildman–Crippen LogP) is 4.39. The number of rotatable bonds is 4. The lowest BCUT2D eigenvalue weighted by Crippen LogP contribution is -2.16. The van der Waals surface area contributed by atoms with Crippen molar-refractivity contribution in [1.29, 1.82) is 0 Å². The molecule has 0 aliphatic carbocycles. The van der Waals surface area contributed by atoms with Crippen LogP contribution in [-0.4, -0.2) is 20.6 Å². The fourth-order valence-corrected chi connectivity index (χ4v) is 3.48. The predicted molar refractivity (Wildman–Crippen MR) is 94.1 cm³/mol. The molecule has 0 saturated heterocycles. The van der Waals surface area contributed by atoms with Crippen LogP contribution in [0.4, 0.5) is 23.2 Å². The van der Waals surface area contributed by atoms with Gasteiger partial charge in [0, 0.05) is 17.2 Å². The molecule has 1 heterocycles. The van der Waals surface area contributed by atoms with Gasteiger partial charge in [-0.1, -0.05) is 18.2 Å². The largest absolute Gasteiger partial charge is 0.451 e. The van der Waals surface area contributed by atoms with Crippen molar-refractivity contribution in [3.63, 3.8) is 0 Å². The minimum atomic E-state index is -4.73. The van der Waals surface area contributed by atoms with Crippen LogP contribution in [0.25, 0.3) is 11.0 Å². The van der Waals surface area contributed by atoms with E-state index in [0.29, 0.717) is 23.6 Å². The number of nitrogens with one attached hydrogen (secondary N) is 1. The first-order chi connectivity index (χ1) is 13.0. The van der Waals surface area contributed by atoms with E-state index in [9.17, 15) is 30.8 Å². The number of benzene rings is 2. The van der Waals surface area contributed by atoms with Gasteiger partial charge >= 0.3 is 6.18 Å². The summed E-state index contributed by atoms with van der Waals surface area (Å²) >= 11 is 0. The number of carbonyl (C=O) groups is 1. The number of fused-ring (bicyclic) bond motifs is 1. The summed E-state index contributed by atoms with van der Waals surface area (Å²) in [5.74, 6) is -3.09. The quantitative estimate of drug-likeness (QED) is 0.642. The van der Waals surface area contributed by atoms with Gasteiger partial charge in [0.2, 0.25) is 0 Å². The van der Waals surface area contributed by atoms with Gasteiger partial charge in [-0.25, -0.2) is 12.8 Å². The second-order valence-corrected chi connectivity index (χ2v) is 8.26. The molecule has 0 radical (unpaired) electrons. The molecule has 0 saturated carbocycles. The van der Waals surface area contributed by atoms with Crippen LogP contribution in [0.3, 0.4) is 0 Å². The van der Waals surface area contributed by atoms with Crippen molar-refractivity contribution in [1.82, 2.24) is 0 Å². The molecule has 0 aliphatic heterocycles. The Kier molecular flexibility index (Phi) is 4.92. The summed E-state index contributed by atoms with van der Waals surface area (Å²) in [6.45, 7) is 0. The number of hydrogen-bond acceptors (Lipinski definition) is 4. The molecule has 0 spiro atoms. The molecule has 1 aromatic heterocycles. The highest BCUT2D eigenvalue weighted by Gasteiger charge is 2.32. The molecule has 0 unspecified atom stereocenters. The molecular formula is C18H13F4NO4S. The van der Waals surface area contributed by atoms with Gasteiger partial charge in [0.1, 0.15) is 11.4 Å². The molecule has 3 aromatic rings. The molecule has 2 aromatic carbocycles. The monoisotopic (exact) mass is 415 g/mol. The number of halogens is 4. The van der Waals surface area contributed by atoms with Gasteiger partial charge in [0.05, 0.1) is 17.0 Å². The summed E-state index contributed by atoms with van der Waals surface area (Å²) in [5.41, 5.74) is -1.59. The molecule has 28 heavy (non-hydrogen) atoms. The topological polar surface area (TPSA) is 76.4 Å². The fraction of sp³-hybridized carbons (Fsp3) is 0.167. The molecule has 0 fully saturated rings. The maximum absolute atomic E-state index is 13.9. The second-order valence-electron chi connectivity index (χ2n) is 6.12. The third-order valence-electron chi connectivity index (χ3n) is 3.85. The van der Waals surface area contributed by atoms with E-state index in [1.165, 1.54) is 6.07 Å². The third-order valence-corrected chi connectivity index (χ3v) is 4.67. The summed E-state index contributed by atoms with van der Waals surface area (Å²) < 4.78 is 81.2. The molecule has 1 amide bonds. The minimum absolute atomic E-state index is 0.0444. The van der Waals surface area contributed by atoms with Crippen LogP contribution in [0.1, 0.15) is 21.7 Å². The first-order valence-electron chi connectivity index (χ1n) is 7.82. The van der Waals surface area contributed by atoms with Crippen LogP contribution in [-0.2, 0) is 21.8 Å². The third kappa shape index (κ3) is 4.16. The maximum Gasteiger partial charge on any atom is 0.416 e. The molecule has 0 aliphatic rings. The van der Waals surface area contributed by atoms with E-state index in [4.69, 9.17) is 4.42 Å². The Balaban J connectivity index is 2.04. The summed E-state index contributed by atoms with van der Waals surface area (Å²) in [6, 6.07) is 7.83. The molecule has 10 heteroatoms. The van der Waals surface area contributed by atoms with Gasteiger partial charge < -0.3 is 9.73 Å². The SMILES string of the molecule is CS(=O)(=O)Cc1c(C(=O)Nc2cc(C(F)(F)F)ccc2F)oc2ccccc12. The number of carbonyl (C=O) groups excluding carboxylic acids is 1. The average Bonchev–Trinajstić information content (AvgIpc) is 2.93. The zero-order valence-corrected chi connectivity index (χ0v) is 15.1. The molecule has 5 nitrogen and oxygen atoms in total.